The first-order valence-corrected chi connectivity index (χ1v) is 13.7. The molecule has 0 amide bonds. The van der Waals surface area contributed by atoms with Crippen molar-refractivity contribution in [2.24, 2.45) is 15.6 Å². The molecule has 1 aliphatic rings. The molecule has 37 heavy (non-hydrogen) atoms. The van der Waals surface area contributed by atoms with Gasteiger partial charge in [0.15, 0.2) is 0 Å². The van der Waals surface area contributed by atoms with Gasteiger partial charge in [-0.2, -0.15) is 10.2 Å². The van der Waals surface area contributed by atoms with Gasteiger partial charge in [0.25, 0.3) is 0 Å². The average molecular weight is 511 g/mol. The third kappa shape index (κ3) is 11.0. The Bertz CT molecular complexity index is 939. The van der Waals surface area contributed by atoms with Gasteiger partial charge < -0.3 is 18.9 Å². The summed E-state index contributed by atoms with van der Waals surface area (Å²) in [5.74, 6) is 0.515. The molecule has 1 heterocycles. The van der Waals surface area contributed by atoms with Crippen molar-refractivity contribution >= 4 is 17.3 Å². The van der Waals surface area contributed by atoms with Crippen LogP contribution in [0.4, 0.5) is 11.4 Å². The quantitative estimate of drug-likeness (QED) is 0.116. The fourth-order valence-electron chi connectivity index (χ4n) is 3.87. The van der Waals surface area contributed by atoms with Gasteiger partial charge in [0.05, 0.1) is 50.0 Å². The largest absolute Gasteiger partial charge is 0.494 e. The van der Waals surface area contributed by atoms with E-state index in [4.69, 9.17) is 18.9 Å². The van der Waals surface area contributed by atoms with E-state index in [9.17, 15) is 4.79 Å². The predicted molar refractivity (Wildman–Crippen MR) is 145 cm³/mol. The van der Waals surface area contributed by atoms with Crippen LogP contribution in [-0.4, -0.2) is 45.6 Å². The molecule has 2 aromatic carbocycles. The summed E-state index contributed by atoms with van der Waals surface area (Å²) in [6.07, 6.45) is 9.12. The number of rotatable bonds is 18. The summed E-state index contributed by atoms with van der Waals surface area (Å²) < 4.78 is 22.1. The molecule has 0 radical (unpaired) electrons. The summed E-state index contributed by atoms with van der Waals surface area (Å²) >= 11 is 0. The molecule has 2 aromatic rings. The number of unbranched alkanes of at least 4 members (excludes halogenated alkanes) is 6. The minimum atomic E-state index is -0.333. The zero-order valence-electron chi connectivity index (χ0n) is 22.5. The second-order valence-electron chi connectivity index (χ2n) is 10.1. The minimum absolute atomic E-state index is 0.171. The van der Waals surface area contributed by atoms with E-state index in [1.54, 1.807) is 24.3 Å². The summed E-state index contributed by atoms with van der Waals surface area (Å²) in [5, 5.41) is 8.53. The van der Waals surface area contributed by atoms with E-state index < -0.39 is 0 Å². The molecule has 1 fully saturated rings. The molecule has 0 unspecified atom stereocenters. The Balaban J connectivity index is 1.29. The number of hydrogen-bond acceptors (Lipinski definition) is 7. The smallest absolute Gasteiger partial charge is 0.338 e. The SMILES string of the molecule is CCCCCCCCOc1ccc(N=Nc2ccc(C(=O)OCCCCOCC3(C)COC3)cc2)cc1. The number of azo groups is 1. The lowest BCUT2D eigenvalue weighted by Crippen LogP contribution is -2.43. The van der Waals surface area contributed by atoms with Crippen molar-refractivity contribution in [1.29, 1.82) is 0 Å². The summed E-state index contributed by atoms with van der Waals surface area (Å²) in [6.45, 7) is 8.44. The molecule has 7 heteroatoms. The summed E-state index contributed by atoms with van der Waals surface area (Å²) in [4.78, 5) is 12.3. The lowest BCUT2D eigenvalue weighted by molar-refractivity contribution is -0.138. The van der Waals surface area contributed by atoms with Crippen molar-refractivity contribution in [2.75, 3.05) is 39.6 Å². The maximum Gasteiger partial charge on any atom is 0.338 e. The van der Waals surface area contributed by atoms with Crippen LogP contribution in [0.3, 0.4) is 0 Å². The highest BCUT2D eigenvalue weighted by Gasteiger charge is 2.33. The molecule has 7 nitrogen and oxygen atoms in total. The van der Waals surface area contributed by atoms with Crippen molar-refractivity contribution < 1.29 is 23.7 Å². The van der Waals surface area contributed by atoms with Crippen LogP contribution >= 0.6 is 0 Å². The van der Waals surface area contributed by atoms with Crippen LogP contribution in [0, 0.1) is 5.41 Å². The second-order valence-corrected chi connectivity index (χ2v) is 10.1. The first-order chi connectivity index (χ1) is 18.1. The molecule has 0 aromatic heterocycles. The minimum Gasteiger partial charge on any atom is -0.494 e. The van der Waals surface area contributed by atoms with Gasteiger partial charge >= 0.3 is 5.97 Å². The molecule has 0 saturated carbocycles. The number of hydrogen-bond donors (Lipinski definition) is 0. The first kappa shape index (κ1) is 28.8. The van der Waals surface area contributed by atoms with E-state index in [1.165, 1.54) is 32.1 Å². The highest BCUT2D eigenvalue weighted by molar-refractivity contribution is 5.89. The fraction of sp³-hybridized carbons (Fsp3) is 0.567. The van der Waals surface area contributed by atoms with Gasteiger partial charge in [-0.3, -0.25) is 0 Å². The summed E-state index contributed by atoms with van der Waals surface area (Å²) in [5.41, 5.74) is 2.09. The highest BCUT2D eigenvalue weighted by Crippen LogP contribution is 2.26. The van der Waals surface area contributed by atoms with Gasteiger partial charge in [-0.15, -0.1) is 0 Å². The lowest BCUT2D eigenvalue weighted by atomic mass is 9.90. The van der Waals surface area contributed by atoms with E-state index in [-0.39, 0.29) is 11.4 Å². The number of esters is 1. The van der Waals surface area contributed by atoms with E-state index >= 15 is 0 Å². The monoisotopic (exact) mass is 510 g/mol. The summed E-state index contributed by atoms with van der Waals surface area (Å²) in [6, 6.07) is 14.5. The first-order valence-electron chi connectivity index (χ1n) is 13.7. The van der Waals surface area contributed by atoms with Crippen molar-refractivity contribution in [3.05, 3.63) is 54.1 Å². The van der Waals surface area contributed by atoms with Crippen molar-refractivity contribution in [3.8, 4) is 5.75 Å². The number of carbonyl (C=O) groups excluding carboxylic acids is 1. The average Bonchev–Trinajstić information content (AvgIpc) is 2.90. The van der Waals surface area contributed by atoms with Crippen LogP contribution in [0.15, 0.2) is 58.8 Å². The predicted octanol–water partition coefficient (Wildman–Crippen LogP) is 7.83. The zero-order chi connectivity index (χ0) is 26.2. The zero-order valence-corrected chi connectivity index (χ0v) is 22.5. The Morgan fingerprint density at radius 3 is 2.05 bits per heavy atom. The fourth-order valence-corrected chi connectivity index (χ4v) is 3.87. The van der Waals surface area contributed by atoms with Crippen LogP contribution in [0.1, 0.15) is 75.6 Å². The van der Waals surface area contributed by atoms with E-state index in [0.717, 1.165) is 57.1 Å². The molecule has 0 N–H and O–H groups in total. The highest BCUT2D eigenvalue weighted by atomic mass is 16.5. The number of benzene rings is 2. The number of nitrogens with zero attached hydrogens (tertiary/aromatic N) is 2. The molecule has 1 saturated heterocycles. The Hall–Kier alpha value is -2.77. The Morgan fingerprint density at radius 1 is 0.811 bits per heavy atom. The molecule has 202 valence electrons. The Kier molecular flexibility index (Phi) is 12.6. The molecule has 0 atom stereocenters. The third-order valence-corrected chi connectivity index (χ3v) is 6.26. The maximum absolute atomic E-state index is 12.3. The summed E-state index contributed by atoms with van der Waals surface area (Å²) in [7, 11) is 0. The van der Waals surface area contributed by atoms with Crippen molar-refractivity contribution in [1.82, 2.24) is 0 Å². The van der Waals surface area contributed by atoms with E-state index in [1.807, 2.05) is 24.3 Å². The van der Waals surface area contributed by atoms with Crippen LogP contribution in [0.2, 0.25) is 0 Å². The third-order valence-electron chi connectivity index (χ3n) is 6.26. The molecule has 0 aliphatic carbocycles. The lowest BCUT2D eigenvalue weighted by Gasteiger charge is -2.37. The number of carbonyl (C=O) groups is 1. The van der Waals surface area contributed by atoms with Crippen LogP contribution in [0.25, 0.3) is 0 Å². The van der Waals surface area contributed by atoms with Gasteiger partial charge in [-0.05, 0) is 67.8 Å². The topological polar surface area (TPSA) is 78.7 Å². The molecular formula is C30H42N2O5. The van der Waals surface area contributed by atoms with Crippen LogP contribution < -0.4 is 4.74 Å². The van der Waals surface area contributed by atoms with Gasteiger partial charge in [-0.25, -0.2) is 4.79 Å². The van der Waals surface area contributed by atoms with Crippen LogP contribution in [0.5, 0.6) is 5.75 Å². The van der Waals surface area contributed by atoms with Gasteiger partial charge in [0.1, 0.15) is 5.75 Å². The molecule has 0 spiro atoms. The van der Waals surface area contributed by atoms with Gasteiger partial charge in [0.2, 0.25) is 0 Å². The second kappa shape index (κ2) is 16.2. The van der Waals surface area contributed by atoms with Crippen molar-refractivity contribution in [2.45, 2.75) is 65.2 Å². The molecular weight excluding hydrogens is 468 g/mol. The molecule has 1 aliphatic heterocycles. The van der Waals surface area contributed by atoms with Crippen LogP contribution in [-0.2, 0) is 14.2 Å². The molecule has 3 rings (SSSR count). The van der Waals surface area contributed by atoms with E-state index in [0.29, 0.717) is 24.5 Å². The Labute approximate surface area is 221 Å². The normalized spacial score (nSPS) is 14.4. The van der Waals surface area contributed by atoms with Gasteiger partial charge in [-0.1, -0.05) is 46.0 Å². The van der Waals surface area contributed by atoms with E-state index in [2.05, 4.69) is 24.1 Å². The Morgan fingerprint density at radius 2 is 1.41 bits per heavy atom. The maximum atomic E-state index is 12.3. The molecule has 0 bridgehead atoms. The van der Waals surface area contributed by atoms with Crippen molar-refractivity contribution in [3.63, 3.8) is 0 Å². The number of ether oxygens (including phenoxy) is 4. The standard InChI is InChI=1S/C30H42N2O5/c1-3-4-5-6-7-8-20-36-28-17-15-27(16-18-28)32-31-26-13-11-25(12-14-26)29(33)37-21-10-9-19-34-22-30(2)23-35-24-30/h11-18H,3-10,19-24H2,1-2H3. The van der Waals surface area contributed by atoms with Gasteiger partial charge in [0, 0.05) is 12.0 Å².